The van der Waals surface area contributed by atoms with E-state index in [1.54, 1.807) is 0 Å². The van der Waals surface area contributed by atoms with Crippen molar-refractivity contribution in [3.63, 3.8) is 0 Å². The van der Waals surface area contributed by atoms with Crippen molar-refractivity contribution in [3.8, 4) is 0 Å². The smallest absolute Gasteiger partial charge is 0.236 e. The zero-order valence-corrected chi connectivity index (χ0v) is 8.66. The van der Waals surface area contributed by atoms with Crippen molar-refractivity contribution in [2.45, 2.75) is 13.0 Å². The van der Waals surface area contributed by atoms with Crippen LogP contribution in [0.3, 0.4) is 0 Å². The number of hydrogen-bond donors (Lipinski definition) is 2. The van der Waals surface area contributed by atoms with Gasteiger partial charge in [0, 0.05) is 32.8 Å². The summed E-state index contributed by atoms with van der Waals surface area (Å²) in [5.74, 6) is -0.256. The number of nitrogens with zero attached hydrogens (tertiary/aromatic N) is 1. The van der Waals surface area contributed by atoms with Crippen LogP contribution in [-0.2, 0) is 9.53 Å². The zero-order valence-electron chi connectivity index (χ0n) is 8.66. The Labute approximate surface area is 84.6 Å². The number of nitrogens with one attached hydrogen (secondary N) is 1. The van der Waals surface area contributed by atoms with Gasteiger partial charge < -0.3 is 15.8 Å². The second-order valence-corrected chi connectivity index (χ2v) is 3.36. The van der Waals surface area contributed by atoms with E-state index >= 15 is 0 Å². The Morgan fingerprint density at radius 3 is 3.14 bits per heavy atom. The molecule has 0 spiro atoms. The normalized spacial score (nSPS) is 23.6. The summed E-state index contributed by atoms with van der Waals surface area (Å²) in [6.07, 6.45) is 0. The minimum Gasteiger partial charge on any atom is -0.380 e. The molecule has 0 aliphatic carbocycles. The molecule has 0 saturated carbocycles. The van der Waals surface area contributed by atoms with Crippen molar-refractivity contribution in [1.82, 2.24) is 10.2 Å². The first-order valence-corrected chi connectivity index (χ1v) is 5.07. The number of piperazine rings is 1. The van der Waals surface area contributed by atoms with Crippen LogP contribution >= 0.6 is 0 Å². The molecule has 1 unspecified atom stereocenters. The lowest BCUT2D eigenvalue weighted by Gasteiger charge is -2.33. The van der Waals surface area contributed by atoms with Crippen LogP contribution in [0.2, 0.25) is 0 Å². The van der Waals surface area contributed by atoms with Gasteiger partial charge >= 0.3 is 0 Å². The molecule has 5 heteroatoms. The molecule has 82 valence electrons. The van der Waals surface area contributed by atoms with Crippen molar-refractivity contribution in [2.24, 2.45) is 5.73 Å². The van der Waals surface area contributed by atoms with Crippen LogP contribution in [0.25, 0.3) is 0 Å². The van der Waals surface area contributed by atoms with E-state index in [1.165, 1.54) is 0 Å². The fraction of sp³-hybridized carbons (Fsp3) is 0.889. The second-order valence-electron chi connectivity index (χ2n) is 3.36. The Balaban J connectivity index is 2.34. The molecule has 14 heavy (non-hydrogen) atoms. The lowest BCUT2D eigenvalue weighted by atomic mass is 10.2. The van der Waals surface area contributed by atoms with Crippen LogP contribution in [0.5, 0.6) is 0 Å². The Kier molecular flexibility index (Phi) is 4.86. The Hall–Kier alpha value is -0.650. The van der Waals surface area contributed by atoms with Gasteiger partial charge in [-0.05, 0) is 6.92 Å². The Morgan fingerprint density at radius 2 is 2.50 bits per heavy atom. The molecule has 1 rings (SSSR count). The predicted octanol–water partition coefficient (Wildman–Crippen LogP) is -1.22. The van der Waals surface area contributed by atoms with E-state index in [2.05, 4.69) is 10.2 Å². The highest BCUT2D eigenvalue weighted by molar-refractivity contribution is 5.80. The lowest BCUT2D eigenvalue weighted by Crippen LogP contribution is -2.57. The van der Waals surface area contributed by atoms with Crippen molar-refractivity contribution >= 4 is 5.91 Å². The topological polar surface area (TPSA) is 67.6 Å². The van der Waals surface area contributed by atoms with E-state index in [4.69, 9.17) is 10.5 Å². The second kappa shape index (κ2) is 5.95. The summed E-state index contributed by atoms with van der Waals surface area (Å²) >= 11 is 0. The molecule has 5 nitrogen and oxygen atoms in total. The van der Waals surface area contributed by atoms with Crippen LogP contribution < -0.4 is 11.1 Å². The van der Waals surface area contributed by atoms with E-state index in [-0.39, 0.29) is 11.9 Å². The maximum absolute atomic E-state index is 11.1. The summed E-state index contributed by atoms with van der Waals surface area (Å²) in [6.45, 7) is 6.55. The lowest BCUT2D eigenvalue weighted by molar-refractivity contribution is -0.124. The number of amides is 1. The molecule has 0 bridgehead atoms. The molecule has 1 aliphatic rings. The average Bonchev–Trinajstić information content (AvgIpc) is 2.19. The minimum atomic E-state index is -0.256. The highest BCUT2D eigenvalue weighted by Gasteiger charge is 2.25. The van der Waals surface area contributed by atoms with Gasteiger partial charge in [-0.15, -0.1) is 0 Å². The largest absolute Gasteiger partial charge is 0.380 e. The standard InChI is InChI=1S/C9H19N3O2/c1-2-14-6-5-12-4-3-11-7-8(12)9(10)13/h8,11H,2-7H2,1H3,(H2,10,13). The third-order valence-electron chi connectivity index (χ3n) is 2.41. The molecule has 1 amide bonds. The van der Waals surface area contributed by atoms with Gasteiger partial charge in [-0.25, -0.2) is 0 Å². The first kappa shape index (κ1) is 11.4. The molecular weight excluding hydrogens is 182 g/mol. The molecule has 1 fully saturated rings. The van der Waals surface area contributed by atoms with Crippen LogP contribution in [0.1, 0.15) is 6.92 Å². The molecule has 1 atom stereocenters. The molecule has 1 aliphatic heterocycles. The van der Waals surface area contributed by atoms with Crippen molar-refractivity contribution < 1.29 is 9.53 Å². The number of rotatable bonds is 5. The fourth-order valence-corrected chi connectivity index (χ4v) is 1.62. The monoisotopic (exact) mass is 201 g/mol. The molecule has 0 aromatic carbocycles. The number of hydrogen-bond acceptors (Lipinski definition) is 4. The molecular formula is C9H19N3O2. The van der Waals surface area contributed by atoms with Crippen LogP contribution in [0.4, 0.5) is 0 Å². The van der Waals surface area contributed by atoms with E-state index in [1.807, 2.05) is 6.92 Å². The highest BCUT2D eigenvalue weighted by Crippen LogP contribution is 2.01. The quantitative estimate of drug-likeness (QED) is 0.547. The number of primary amides is 1. The van der Waals surface area contributed by atoms with Gasteiger partial charge in [-0.2, -0.15) is 0 Å². The van der Waals surface area contributed by atoms with Gasteiger partial charge in [-0.1, -0.05) is 0 Å². The number of carbonyl (C=O) groups excluding carboxylic acids is 1. The summed E-state index contributed by atoms with van der Waals surface area (Å²) in [5, 5.41) is 3.15. The van der Waals surface area contributed by atoms with Gasteiger partial charge in [0.15, 0.2) is 0 Å². The zero-order chi connectivity index (χ0) is 10.4. The van der Waals surface area contributed by atoms with Crippen LogP contribution in [-0.4, -0.2) is 56.2 Å². The van der Waals surface area contributed by atoms with Gasteiger partial charge in [0.25, 0.3) is 0 Å². The minimum absolute atomic E-state index is 0.177. The Morgan fingerprint density at radius 1 is 1.71 bits per heavy atom. The first-order valence-electron chi connectivity index (χ1n) is 5.07. The predicted molar refractivity (Wildman–Crippen MR) is 53.9 cm³/mol. The average molecular weight is 201 g/mol. The van der Waals surface area contributed by atoms with Crippen molar-refractivity contribution in [3.05, 3.63) is 0 Å². The molecule has 1 heterocycles. The number of nitrogens with two attached hydrogens (primary N) is 1. The van der Waals surface area contributed by atoms with E-state index in [9.17, 15) is 4.79 Å². The maximum atomic E-state index is 11.1. The summed E-state index contributed by atoms with van der Waals surface area (Å²) in [6, 6.07) is -0.177. The van der Waals surface area contributed by atoms with Gasteiger partial charge in [-0.3, -0.25) is 9.69 Å². The molecule has 0 aromatic heterocycles. The SMILES string of the molecule is CCOCCN1CCNCC1C(N)=O. The van der Waals surface area contributed by atoms with E-state index in [0.29, 0.717) is 19.8 Å². The Bertz CT molecular complexity index is 187. The number of carbonyl (C=O) groups is 1. The summed E-state index contributed by atoms with van der Waals surface area (Å²) in [7, 11) is 0. The summed E-state index contributed by atoms with van der Waals surface area (Å²) in [4.78, 5) is 13.2. The van der Waals surface area contributed by atoms with Crippen LogP contribution in [0.15, 0.2) is 0 Å². The van der Waals surface area contributed by atoms with Gasteiger partial charge in [0.05, 0.1) is 6.61 Å². The first-order chi connectivity index (χ1) is 6.75. The molecule has 1 saturated heterocycles. The van der Waals surface area contributed by atoms with E-state index < -0.39 is 0 Å². The highest BCUT2D eigenvalue weighted by atomic mass is 16.5. The molecule has 0 radical (unpaired) electrons. The van der Waals surface area contributed by atoms with Gasteiger partial charge in [0.1, 0.15) is 6.04 Å². The maximum Gasteiger partial charge on any atom is 0.236 e. The molecule has 0 aromatic rings. The third-order valence-corrected chi connectivity index (χ3v) is 2.41. The molecule has 3 N–H and O–H groups in total. The van der Waals surface area contributed by atoms with Crippen LogP contribution in [0, 0.1) is 0 Å². The summed E-state index contributed by atoms with van der Waals surface area (Å²) in [5.41, 5.74) is 5.30. The number of ether oxygens (including phenoxy) is 1. The third kappa shape index (κ3) is 3.25. The van der Waals surface area contributed by atoms with Gasteiger partial charge in [0.2, 0.25) is 5.91 Å². The summed E-state index contributed by atoms with van der Waals surface area (Å²) < 4.78 is 5.25. The fourth-order valence-electron chi connectivity index (χ4n) is 1.62. The van der Waals surface area contributed by atoms with E-state index in [0.717, 1.165) is 19.6 Å². The van der Waals surface area contributed by atoms with Crippen molar-refractivity contribution in [2.75, 3.05) is 39.4 Å². The van der Waals surface area contributed by atoms with Crippen molar-refractivity contribution in [1.29, 1.82) is 0 Å².